The predicted octanol–water partition coefficient (Wildman–Crippen LogP) is 8.36. The topological polar surface area (TPSA) is 91.9 Å². The van der Waals surface area contributed by atoms with Gasteiger partial charge >= 0.3 is 5.97 Å². The Balaban J connectivity index is 1.21. The maximum Gasteiger partial charge on any atom is 0.338 e. The van der Waals surface area contributed by atoms with Gasteiger partial charge in [0.15, 0.2) is 0 Å². The molecule has 3 heterocycles. The Morgan fingerprint density at radius 2 is 1.60 bits per heavy atom. The molecule has 0 aliphatic carbocycles. The molecule has 0 radical (unpaired) electrons. The molecule has 1 saturated heterocycles. The first-order valence-corrected chi connectivity index (χ1v) is 13.2. The monoisotopic (exact) mass is 504 g/mol. The van der Waals surface area contributed by atoms with Gasteiger partial charge in [-0.05, 0) is 80.8 Å². The van der Waals surface area contributed by atoms with E-state index in [2.05, 4.69) is 42.5 Å². The first-order valence-electron chi connectivity index (χ1n) is 11.5. The van der Waals surface area contributed by atoms with Crippen LogP contribution in [0.5, 0.6) is 0 Å². The molecule has 0 N–H and O–H groups in total. The molecule has 0 spiro atoms. The summed E-state index contributed by atoms with van der Waals surface area (Å²) in [4.78, 5) is 19.6. The average molecular weight is 505 g/mol. The highest BCUT2D eigenvalue weighted by Gasteiger charge is 2.11. The zero-order valence-electron chi connectivity index (χ0n) is 19.3. The van der Waals surface area contributed by atoms with Gasteiger partial charge in [-0.3, -0.25) is 0 Å². The van der Waals surface area contributed by atoms with Gasteiger partial charge in [-0.1, -0.05) is 22.7 Å². The summed E-state index contributed by atoms with van der Waals surface area (Å²) in [6.45, 7) is 4.38. The number of thiophene rings is 1. The van der Waals surface area contributed by atoms with E-state index < -0.39 is 0 Å². The molecule has 4 aromatic rings. The second-order valence-corrected chi connectivity index (χ2v) is 10.0. The van der Waals surface area contributed by atoms with Gasteiger partial charge in [-0.25, -0.2) is 9.78 Å². The van der Waals surface area contributed by atoms with E-state index in [1.165, 1.54) is 47.6 Å². The van der Waals surface area contributed by atoms with Gasteiger partial charge in [0.1, 0.15) is 9.83 Å². The van der Waals surface area contributed by atoms with Gasteiger partial charge in [-0.2, -0.15) is 0 Å². The number of anilines is 1. The molecule has 178 valence electrons. The first kappa shape index (κ1) is 23.3. The molecule has 1 aliphatic heterocycles. The molecule has 0 bridgehead atoms. The van der Waals surface area contributed by atoms with Crippen LogP contribution in [-0.2, 0) is 4.74 Å². The molecule has 0 atom stereocenters. The summed E-state index contributed by atoms with van der Waals surface area (Å²) in [7, 11) is 0. The Hall–Kier alpha value is -3.50. The van der Waals surface area contributed by atoms with E-state index in [0.29, 0.717) is 23.0 Å². The smallest absolute Gasteiger partial charge is 0.338 e. The average Bonchev–Trinajstić information content (AvgIpc) is 3.46. The van der Waals surface area contributed by atoms with Crippen LogP contribution in [0.25, 0.3) is 9.53 Å². The molecule has 10 heteroatoms. The number of piperidine rings is 1. The maximum atomic E-state index is 11.7. The normalized spacial score (nSPS) is 14.4. The van der Waals surface area contributed by atoms with Crippen LogP contribution in [0.2, 0.25) is 0 Å². The van der Waals surface area contributed by atoms with Crippen LogP contribution in [0.3, 0.4) is 0 Å². The third kappa shape index (κ3) is 5.77. The molecular formula is C25H24N6O2S2. The number of thiazole rings is 1. The molecule has 2 aromatic heterocycles. The largest absolute Gasteiger partial charge is 0.462 e. The van der Waals surface area contributed by atoms with Gasteiger partial charge < -0.3 is 9.64 Å². The Labute approximate surface area is 211 Å². The summed E-state index contributed by atoms with van der Waals surface area (Å²) in [5.74, 6) is -0.344. The number of carbonyl (C=O) groups is 1. The lowest BCUT2D eigenvalue weighted by atomic mass is 10.1. The van der Waals surface area contributed by atoms with Crippen molar-refractivity contribution >= 4 is 65.4 Å². The minimum Gasteiger partial charge on any atom is -0.462 e. The highest BCUT2D eigenvalue weighted by molar-refractivity contribution is 7.30. The van der Waals surface area contributed by atoms with E-state index in [1.807, 2.05) is 18.2 Å². The van der Waals surface area contributed by atoms with Gasteiger partial charge in [0.05, 0.1) is 28.2 Å². The lowest BCUT2D eigenvalue weighted by molar-refractivity contribution is 0.0526. The van der Waals surface area contributed by atoms with E-state index >= 15 is 0 Å². The number of carbonyl (C=O) groups excluding carboxylic acids is 1. The van der Waals surface area contributed by atoms with Crippen LogP contribution in [0.15, 0.2) is 75.1 Å². The van der Waals surface area contributed by atoms with E-state index in [-0.39, 0.29) is 5.97 Å². The van der Waals surface area contributed by atoms with Crippen molar-refractivity contribution in [3.05, 3.63) is 60.2 Å². The molecule has 35 heavy (non-hydrogen) atoms. The molecule has 1 aliphatic rings. The molecular weight excluding hydrogens is 480 g/mol. The van der Waals surface area contributed by atoms with E-state index in [1.54, 1.807) is 31.2 Å². The Morgan fingerprint density at radius 1 is 0.914 bits per heavy atom. The molecule has 0 amide bonds. The number of ether oxygens (including phenoxy) is 1. The summed E-state index contributed by atoms with van der Waals surface area (Å²) in [5.41, 5.74) is 3.21. The van der Waals surface area contributed by atoms with Crippen molar-refractivity contribution < 1.29 is 9.53 Å². The van der Waals surface area contributed by atoms with Crippen molar-refractivity contribution in [3.63, 3.8) is 0 Å². The number of hydrogen-bond acceptors (Lipinski definition) is 10. The number of fused-ring (bicyclic) bond motifs is 1. The van der Waals surface area contributed by atoms with Crippen LogP contribution in [0, 0.1) is 0 Å². The lowest BCUT2D eigenvalue weighted by Gasteiger charge is -2.28. The van der Waals surface area contributed by atoms with Crippen molar-refractivity contribution in [2.75, 3.05) is 24.6 Å². The summed E-state index contributed by atoms with van der Waals surface area (Å²) < 4.78 is 5.98. The summed E-state index contributed by atoms with van der Waals surface area (Å²) in [6.07, 6.45) is 3.84. The minimum absolute atomic E-state index is 0.344. The number of hydrogen-bond donors (Lipinski definition) is 0. The van der Waals surface area contributed by atoms with Crippen molar-refractivity contribution in [3.8, 4) is 0 Å². The van der Waals surface area contributed by atoms with Gasteiger partial charge in [0.25, 0.3) is 0 Å². The van der Waals surface area contributed by atoms with E-state index in [9.17, 15) is 4.79 Å². The number of azo groups is 2. The van der Waals surface area contributed by atoms with Crippen molar-refractivity contribution in [1.82, 2.24) is 4.98 Å². The Kier molecular flexibility index (Phi) is 7.20. The highest BCUT2D eigenvalue weighted by atomic mass is 32.1. The van der Waals surface area contributed by atoms with Crippen LogP contribution in [0.4, 0.5) is 27.2 Å². The van der Waals surface area contributed by atoms with Crippen LogP contribution in [-0.4, -0.2) is 30.6 Å². The number of rotatable bonds is 7. The van der Waals surface area contributed by atoms with Gasteiger partial charge in [0, 0.05) is 18.8 Å². The van der Waals surface area contributed by atoms with Crippen molar-refractivity contribution in [2.24, 2.45) is 20.5 Å². The van der Waals surface area contributed by atoms with Crippen LogP contribution >= 0.6 is 22.7 Å². The number of esters is 1. The summed E-state index contributed by atoms with van der Waals surface area (Å²) >= 11 is 2.92. The SMILES string of the molecule is CCOC(=O)c1ccc(N=Nc2cc3sc(N=Nc4ccc(N5CCCCC5)cc4)nc3s2)cc1. The van der Waals surface area contributed by atoms with Crippen molar-refractivity contribution in [2.45, 2.75) is 26.2 Å². The number of nitrogens with zero attached hydrogens (tertiary/aromatic N) is 6. The second-order valence-electron chi connectivity index (χ2n) is 7.98. The third-order valence-electron chi connectivity index (χ3n) is 5.53. The fourth-order valence-electron chi connectivity index (χ4n) is 3.77. The number of aromatic nitrogens is 1. The summed E-state index contributed by atoms with van der Waals surface area (Å²) in [6, 6.07) is 17.0. The standard InChI is InChI=1S/C25H24N6O2S2/c1-2-33-24(32)17-6-8-18(9-7-17)27-29-22-16-21-23(35-22)26-25(34-21)30-28-19-10-12-20(13-11-19)31-14-4-3-5-15-31/h6-13,16H,2-5,14-15H2,1H3. The zero-order valence-corrected chi connectivity index (χ0v) is 20.9. The van der Waals surface area contributed by atoms with Crippen LogP contribution in [0.1, 0.15) is 36.5 Å². The molecule has 0 unspecified atom stereocenters. The quantitative estimate of drug-likeness (QED) is 0.187. The Bertz CT molecular complexity index is 1320. The lowest BCUT2D eigenvalue weighted by Crippen LogP contribution is -2.29. The molecule has 8 nitrogen and oxygen atoms in total. The fraction of sp³-hybridized carbons (Fsp3) is 0.280. The molecule has 5 rings (SSSR count). The zero-order chi connectivity index (χ0) is 24.0. The first-order chi connectivity index (χ1) is 17.2. The molecule has 1 fully saturated rings. The van der Waals surface area contributed by atoms with Crippen molar-refractivity contribution in [1.29, 1.82) is 0 Å². The second kappa shape index (κ2) is 10.8. The molecule has 2 aromatic carbocycles. The third-order valence-corrected chi connectivity index (χ3v) is 7.46. The van der Waals surface area contributed by atoms with Crippen LogP contribution < -0.4 is 4.90 Å². The van der Waals surface area contributed by atoms with E-state index in [4.69, 9.17) is 4.74 Å². The molecule has 0 saturated carbocycles. The van der Waals surface area contributed by atoms with E-state index in [0.717, 1.165) is 33.3 Å². The summed E-state index contributed by atoms with van der Waals surface area (Å²) in [5, 5.41) is 18.6. The van der Waals surface area contributed by atoms with Gasteiger partial charge in [0.2, 0.25) is 5.13 Å². The predicted molar refractivity (Wildman–Crippen MR) is 141 cm³/mol. The Morgan fingerprint density at radius 3 is 2.29 bits per heavy atom. The number of benzene rings is 2. The minimum atomic E-state index is -0.344. The van der Waals surface area contributed by atoms with Gasteiger partial charge in [-0.15, -0.1) is 20.5 Å². The maximum absolute atomic E-state index is 11.7. The fourth-order valence-corrected chi connectivity index (χ4v) is 5.62. The highest BCUT2D eigenvalue weighted by Crippen LogP contribution is 2.39.